The lowest BCUT2D eigenvalue weighted by Crippen LogP contribution is -2.38. The van der Waals surface area contributed by atoms with Crippen LogP contribution in [0.25, 0.3) is 10.2 Å². The molecule has 2 N–H and O–H groups in total. The van der Waals surface area contributed by atoms with Gasteiger partial charge in [0.1, 0.15) is 16.4 Å². The lowest BCUT2D eigenvalue weighted by Gasteiger charge is -2.04. The van der Waals surface area contributed by atoms with Crippen molar-refractivity contribution in [2.45, 2.75) is 26.8 Å². The van der Waals surface area contributed by atoms with Crippen LogP contribution in [0.3, 0.4) is 0 Å². The molecule has 3 aromatic heterocycles. The Bertz CT molecular complexity index is 997. The quantitative estimate of drug-likeness (QED) is 0.732. The third kappa shape index (κ3) is 3.08. The molecule has 1 amide bonds. The average Bonchev–Trinajstić information content (AvgIpc) is 3.09. The number of rotatable bonds is 4. The zero-order valence-corrected chi connectivity index (χ0v) is 14.0. The summed E-state index contributed by atoms with van der Waals surface area (Å²) in [4.78, 5) is 40.5. The topological polar surface area (TPSA) is 110 Å². The fourth-order valence-corrected chi connectivity index (χ4v) is 3.65. The van der Waals surface area contributed by atoms with Crippen LogP contribution in [-0.2, 0) is 17.8 Å². The van der Waals surface area contributed by atoms with Gasteiger partial charge in [0.2, 0.25) is 11.0 Å². The van der Waals surface area contributed by atoms with Crippen molar-refractivity contribution in [1.82, 2.24) is 19.7 Å². The highest BCUT2D eigenvalue weighted by Gasteiger charge is 2.14. The summed E-state index contributed by atoms with van der Waals surface area (Å²) >= 11 is 2.59. The number of nitrogens with zero attached hydrogens (tertiary/aromatic N) is 3. The summed E-state index contributed by atoms with van der Waals surface area (Å²) in [6.45, 7) is 3.41. The van der Waals surface area contributed by atoms with E-state index >= 15 is 0 Å². The molecule has 0 radical (unpaired) electrons. The van der Waals surface area contributed by atoms with Crippen molar-refractivity contribution < 1.29 is 4.79 Å². The minimum absolute atomic E-state index is 0.351. The number of aromatic amines is 1. The molecule has 0 atom stereocenters. The van der Waals surface area contributed by atoms with Gasteiger partial charge in [0.15, 0.2) is 0 Å². The monoisotopic (exact) mass is 351 g/mol. The van der Waals surface area contributed by atoms with Crippen molar-refractivity contribution in [3.8, 4) is 0 Å². The number of aromatic nitrogens is 4. The molecule has 23 heavy (non-hydrogen) atoms. The standard InChI is InChI=1S/C13H13N5O3S2/c1-3-9-16-17-12(23-9)14-8(19)5-18-11(20)7-4-6(2)22-10(7)15-13(18)21/h4H,3,5H2,1-2H3,(H,15,21)(H,14,17,19). The number of hydrogen-bond acceptors (Lipinski definition) is 7. The Labute approximate surface area is 137 Å². The van der Waals surface area contributed by atoms with Crippen LogP contribution >= 0.6 is 22.7 Å². The van der Waals surface area contributed by atoms with E-state index in [4.69, 9.17) is 0 Å². The SMILES string of the molecule is CCc1nnc(NC(=O)Cn2c(=O)[nH]c3sc(C)cc3c2=O)s1. The van der Waals surface area contributed by atoms with Gasteiger partial charge in [-0.25, -0.2) is 4.79 Å². The lowest BCUT2D eigenvalue weighted by molar-refractivity contribution is -0.116. The summed E-state index contributed by atoms with van der Waals surface area (Å²) in [6.07, 6.45) is 0.723. The Morgan fingerprint density at radius 3 is 2.83 bits per heavy atom. The predicted octanol–water partition coefficient (Wildman–Crippen LogP) is 1.11. The van der Waals surface area contributed by atoms with Gasteiger partial charge in [-0.05, 0) is 19.4 Å². The summed E-state index contributed by atoms with van der Waals surface area (Å²) in [7, 11) is 0. The average molecular weight is 351 g/mol. The van der Waals surface area contributed by atoms with E-state index in [1.165, 1.54) is 22.7 Å². The highest BCUT2D eigenvalue weighted by Crippen LogP contribution is 2.18. The summed E-state index contributed by atoms with van der Waals surface area (Å²) in [5, 5.41) is 11.8. The maximum atomic E-state index is 12.3. The summed E-state index contributed by atoms with van der Waals surface area (Å²) in [5.74, 6) is -0.497. The van der Waals surface area contributed by atoms with Gasteiger partial charge in [-0.2, -0.15) is 0 Å². The predicted molar refractivity (Wildman–Crippen MR) is 89.4 cm³/mol. The molecule has 10 heteroatoms. The molecule has 0 aliphatic heterocycles. The number of nitrogens with one attached hydrogen (secondary N) is 2. The Balaban J connectivity index is 1.87. The minimum Gasteiger partial charge on any atom is -0.299 e. The van der Waals surface area contributed by atoms with E-state index in [0.717, 1.165) is 20.9 Å². The number of carbonyl (C=O) groups excluding carboxylic acids is 1. The molecular weight excluding hydrogens is 338 g/mol. The Hall–Kier alpha value is -2.33. The van der Waals surface area contributed by atoms with Crippen LogP contribution in [0.15, 0.2) is 15.7 Å². The van der Waals surface area contributed by atoms with Gasteiger partial charge < -0.3 is 0 Å². The van der Waals surface area contributed by atoms with E-state index in [9.17, 15) is 14.4 Å². The molecular formula is C13H13N5O3S2. The number of thiophene rings is 1. The molecule has 0 aliphatic carbocycles. The van der Waals surface area contributed by atoms with E-state index in [1.54, 1.807) is 6.07 Å². The van der Waals surface area contributed by atoms with Crippen LogP contribution in [0.2, 0.25) is 0 Å². The first-order valence-electron chi connectivity index (χ1n) is 6.83. The van der Waals surface area contributed by atoms with E-state index < -0.39 is 17.2 Å². The van der Waals surface area contributed by atoms with E-state index in [1.807, 2.05) is 13.8 Å². The number of hydrogen-bond donors (Lipinski definition) is 2. The van der Waals surface area contributed by atoms with Crippen LogP contribution in [0.5, 0.6) is 0 Å². The van der Waals surface area contributed by atoms with Crippen LogP contribution in [0.4, 0.5) is 5.13 Å². The number of H-pyrrole nitrogens is 1. The highest BCUT2D eigenvalue weighted by atomic mass is 32.1. The molecule has 120 valence electrons. The third-order valence-corrected chi connectivity index (χ3v) is 5.06. The number of amides is 1. The maximum Gasteiger partial charge on any atom is 0.329 e. The van der Waals surface area contributed by atoms with Gasteiger partial charge in [-0.1, -0.05) is 18.3 Å². The summed E-state index contributed by atoms with van der Waals surface area (Å²) < 4.78 is 0.881. The van der Waals surface area contributed by atoms with Crippen molar-refractivity contribution in [3.63, 3.8) is 0 Å². The van der Waals surface area contributed by atoms with Crippen LogP contribution in [0, 0.1) is 6.92 Å². The first-order chi connectivity index (χ1) is 11.0. The van der Waals surface area contributed by atoms with Gasteiger partial charge in [0.25, 0.3) is 5.56 Å². The molecule has 0 fully saturated rings. The van der Waals surface area contributed by atoms with Crippen LogP contribution in [-0.4, -0.2) is 25.7 Å². The number of fused-ring (bicyclic) bond motifs is 1. The Morgan fingerprint density at radius 2 is 2.13 bits per heavy atom. The first kappa shape index (κ1) is 15.6. The van der Waals surface area contributed by atoms with E-state index in [0.29, 0.717) is 15.3 Å². The van der Waals surface area contributed by atoms with Crippen molar-refractivity contribution in [1.29, 1.82) is 0 Å². The van der Waals surface area contributed by atoms with Crippen molar-refractivity contribution in [3.05, 3.63) is 36.8 Å². The molecule has 3 heterocycles. The molecule has 0 aromatic carbocycles. The first-order valence-corrected chi connectivity index (χ1v) is 8.46. The van der Waals surface area contributed by atoms with Gasteiger partial charge in [-0.15, -0.1) is 21.5 Å². The number of carbonyl (C=O) groups is 1. The second-order valence-corrected chi connectivity index (χ2v) is 7.14. The van der Waals surface area contributed by atoms with Crippen molar-refractivity contribution in [2.24, 2.45) is 0 Å². The third-order valence-electron chi connectivity index (χ3n) is 3.11. The van der Waals surface area contributed by atoms with Gasteiger partial charge in [-0.3, -0.25) is 24.5 Å². The molecule has 0 saturated carbocycles. The van der Waals surface area contributed by atoms with Gasteiger partial charge in [0, 0.05) is 4.88 Å². The van der Waals surface area contributed by atoms with Gasteiger partial charge >= 0.3 is 5.69 Å². The molecule has 0 unspecified atom stereocenters. The molecule has 0 aliphatic rings. The van der Waals surface area contributed by atoms with Gasteiger partial charge in [0.05, 0.1) is 5.39 Å². The second-order valence-electron chi connectivity index (χ2n) is 4.82. The normalized spacial score (nSPS) is 11.0. The molecule has 8 nitrogen and oxygen atoms in total. The molecule has 0 bridgehead atoms. The summed E-state index contributed by atoms with van der Waals surface area (Å²) in [5.41, 5.74) is -1.08. The van der Waals surface area contributed by atoms with Crippen molar-refractivity contribution >= 4 is 43.9 Å². The minimum atomic E-state index is -0.606. The van der Waals surface area contributed by atoms with Crippen LogP contribution in [0.1, 0.15) is 16.8 Å². The molecule has 0 saturated heterocycles. The fraction of sp³-hybridized carbons (Fsp3) is 0.308. The molecule has 3 rings (SSSR count). The second kappa shape index (κ2) is 6.05. The van der Waals surface area contributed by atoms with Crippen molar-refractivity contribution in [2.75, 3.05) is 5.32 Å². The summed E-state index contributed by atoms with van der Waals surface area (Å²) in [6, 6.07) is 1.70. The van der Waals surface area contributed by atoms with E-state index in [-0.39, 0.29) is 6.54 Å². The largest absolute Gasteiger partial charge is 0.329 e. The Kier molecular flexibility index (Phi) is 4.09. The number of aryl methyl sites for hydroxylation is 2. The number of anilines is 1. The molecule has 0 spiro atoms. The van der Waals surface area contributed by atoms with E-state index in [2.05, 4.69) is 20.5 Å². The Morgan fingerprint density at radius 1 is 1.35 bits per heavy atom. The molecule has 3 aromatic rings. The maximum absolute atomic E-state index is 12.3. The fourth-order valence-electron chi connectivity index (χ4n) is 2.06. The van der Waals surface area contributed by atoms with Crippen LogP contribution < -0.4 is 16.6 Å². The zero-order chi connectivity index (χ0) is 16.6. The zero-order valence-electron chi connectivity index (χ0n) is 12.4. The smallest absolute Gasteiger partial charge is 0.299 e. The highest BCUT2D eigenvalue weighted by molar-refractivity contribution is 7.18. The lowest BCUT2D eigenvalue weighted by atomic mass is 10.3.